The van der Waals surface area contributed by atoms with Crippen LogP contribution in [0.1, 0.15) is 65.5 Å². The Balaban J connectivity index is 1.55. The van der Waals surface area contributed by atoms with Crippen molar-refractivity contribution in [2.75, 3.05) is 13.7 Å². The Morgan fingerprint density at radius 2 is 1.93 bits per heavy atom. The van der Waals surface area contributed by atoms with Crippen molar-refractivity contribution in [3.8, 4) is 11.6 Å². The average Bonchev–Trinajstić information content (AvgIpc) is 3.61. The van der Waals surface area contributed by atoms with Crippen molar-refractivity contribution in [1.82, 2.24) is 20.5 Å². The molecule has 1 aromatic carbocycles. The number of methoxy groups -OCH3 is 1. The number of aliphatic hydroxyl groups excluding tert-OH is 1. The van der Waals surface area contributed by atoms with Crippen LogP contribution in [0.25, 0.3) is 10.8 Å². The number of nitrogens with zero attached hydrogens (tertiary/aromatic N) is 2. The molecule has 3 N–H and O–H groups in total. The number of carbonyl (C=O) groups excluding carboxylic acids is 3. The Kier molecular flexibility index (Phi) is 9.26. The number of carbonyl (C=O) groups is 3. The molecule has 224 valence electrons. The zero-order valence-electron chi connectivity index (χ0n) is 24.7. The van der Waals surface area contributed by atoms with Gasteiger partial charge in [0.25, 0.3) is 5.91 Å². The number of aliphatic hydroxyl groups is 1. The van der Waals surface area contributed by atoms with Gasteiger partial charge in [0.1, 0.15) is 23.5 Å². The number of fused-ring (bicyclic) bond motifs is 1. The van der Waals surface area contributed by atoms with Gasteiger partial charge in [0.2, 0.25) is 11.8 Å². The lowest BCUT2D eigenvalue weighted by Gasteiger charge is -2.29. The molecule has 2 aromatic rings. The number of benzene rings is 1. The second kappa shape index (κ2) is 12.5. The molecule has 4 unspecified atom stereocenters. The van der Waals surface area contributed by atoms with Crippen LogP contribution in [0.4, 0.5) is 4.79 Å². The maximum atomic E-state index is 13.6. The van der Waals surface area contributed by atoms with Crippen LogP contribution < -0.4 is 20.1 Å². The van der Waals surface area contributed by atoms with E-state index in [1.165, 1.54) is 4.90 Å². The van der Waals surface area contributed by atoms with E-state index >= 15 is 0 Å². The Morgan fingerprint density at radius 1 is 1.20 bits per heavy atom. The second-order valence-corrected chi connectivity index (χ2v) is 11.9. The van der Waals surface area contributed by atoms with Gasteiger partial charge in [0.15, 0.2) is 6.10 Å². The third-order valence-electron chi connectivity index (χ3n) is 7.10. The van der Waals surface area contributed by atoms with Gasteiger partial charge >= 0.3 is 6.09 Å². The molecular weight excluding hydrogens is 528 g/mol. The molecule has 11 nitrogen and oxygen atoms in total. The van der Waals surface area contributed by atoms with E-state index in [1.54, 1.807) is 27.9 Å². The summed E-state index contributed by atoms with van der Waals surface area (Å²) in [4.78, 5) is 45.3. The summed E-state index contributed by atoms with van der Waals surface area (Å²) in [5, 5.41) is 18.0. The molecule has 1 saturated carbocycles. The number of hydrogen-bond acceptors (Lipinski definition) is 8. The summed E-state index contributed by atoms with van der Waals surface area (Å²) in [7, 11) is 1.60. The number of likely N-dealkylation sites (tertiary alicyclic amines) is 1. The quantitative estimate of drug-likeness (QED) is 0.396. The molecule has 1 aliphatic heterocycles. The van der Waals surface area contributed by atoms with Crippen molar-refractivity contribution in [2.45, 2.75) is 103 Å². The maximum Gasteiger partial charge on any atom is 0.411 e. The van der Waals surface area contributed by atoms with Gasteiger partial charge in [-0.3, -0.25) is 14.5 Å². The van der Waals surface area contributed by atoms with Crippen LogP contribution in [0.2, 0.25) is 0 Å². The lowest BCUT2D eigenvalue weighted by molar-refractivity contribution is -0.133. The van der Waals surface area contributed by atoms with Crippen molar-refractivity contribution in [3.05, 3.63) is 30.0 Å². The minimum absolute atomic E-state index is 0.0814. The standard InChI is InChI=1S/C30H42N4O7/c1-7-8-23(25(35)27(37)32-19-9-10-19)33-26(36)24-15-21(16-34(24)29(38)41-30(3,4)5)40-28-22-12-11-20(39-6)14-18(22)13-17(2)31-28/h11-14,19,21,23-25,35H,7-10,15-16H2,1-6H3,(H,32,37)(H,33,36). The summed E-state index contributed by atoms with van der Waals surface area (Å²) < 4.78 is 17.3. The highest BCUT2D eigenvalue weighted by Crippen LogP contribution is 2.31. The number of aryl methyl sites for hydroxylation is 1. The molecule has 41 heavy (non-hydrogen) atoms. The van der Waals surface area contributed by atoms with E-state index in [9.17, 15) is 19.5 Å². The molecule has 2 aliphatic rings. The lowest BCUT2D eigenvalue weighted by Crippen LogP contribution is -2.55. The van der Waals surface area contributed by atoms with Crippen LogP contribution in [0.15, 0.2) is 24.3 Å². The first kappa shape index (κ1) is 30.4. The summed E-state index contributed by atoms with van der Waals surface area (Å²) in [6, 6.07) is 5.87. The smallest absolute Gasteiger partial charge is 0.411 e. The molecule has 4 rings (SSSR count). The number of nitrogens with one attached hydrogen (secondary N) is 2. The van der Waals surface area contributed by atoms with Gasteiger partial charge in [-0.25, -0.2) is 9.78 Å². The van der Waals surface area contributed by atoms with Crippen LogP contribution >= 0.6 is 0 Å². The second-order valence-electron chi connectivity index (χ2n) is 11.9. The highest BCUT2D eigenvalue weighted by atomic mass is 16.6. The van der Waals surface area contributed by atoms with Gasteiger partial charge < -0.3 is 30.0 Å². The normalized spacial score (nSPS) is 20.3. The molecule has 4 atom stereocenters. The molecule has 1 saturated heterocycles. The van der Waals surface area contributed by atoms with Crippen molar-refractivity contribution >= 4 is 28.7 Å². The van der Waals surface area contributed by atoms with E-state index in [0.717, 1.165) is 29.3 Å². The van der Waals surface area contributed by atoms with Gasteiger partial charge in [-0.1, -0.05) is 13.3 Å². The zero-order valence-corrected chi connectivity index (χ0v) is 24.7. The van der Waals surface area contributed by atoms with Gasteiger partial charge in [-0.05, 0) is 76.6 Å². The Bertz CT molecular complexity index is 1270. The van der Waals surface area contributed by atoms with E-state index < -0.39 is 47.8 Å². The number of rotatable bonds is 10. The summed E-state index contributed by atoms with van der Waals surface area (Å²) in [6.07, 6.45) is 0.394. The number of hydrogen-bond donors (Lipinski definition) is 3. The summed E-state index contributed by atoms with van der Waals surface area (Å²) >= 11 is 0. The molecule has 0 bridgehead atoms. The van der Waals surface area contributed by atoms with E-state index in [4.69, 9.17) is 14.2 Å². The first-order valence-electron chi connectivity index (χ1n) is 14.3. The van der Waals surface area contributed by atoms with E-state index in [-0.39, 0.29) is 19.0 Å². The topological polar surface area (TPSA) is 139 Å². The molecule has 0 radical (unpaired) electrons. The van der Waals surface area contributed by atoms with Crippen LogP contribution in [0.3, 0.4) is 0 Å². The third kappa shape index (κ3) is 7.78. The fourth-order valence-electron chi connectivity index (χ4n) is 4.96. The molecule has 1 aromatic heterocycles. The Hall–Kier alpha value is -3.60. The SMILES string of the molecule is CCCC(NC(=O)C1CC(Oc2nc(C)cc3cc(OC)ccc23)CN1C(=O)OC(C)(C)C)C(O)C(=O)NC1CC1. The fourth-order valence-corrected chi connectivity index (χ4v) is 4.96. The first-order chi connectivity index (χ1) is 19.4. The predicted molar refractivity (Wildman–Crippen MR) is 153 cm³/mol. The highest BCUT2D eigenvalue weighted by Gasteiger charge is 2.44. The fraction of sp³-hybridized carbons (Fsp3) is 0.600. The van der Waals surface area contributed by atoms with E-state index in [2.05, 4.69) is 15.6 Å². The third-order valence-corrected chi connectivity index (χ3v) is 7.10. The van der Waals surface area contributed by atoms with Crippen molar-refractivity contribution in [2.24, 2.45) is 0 Å². The van der Waals surface area contributed by atoms with E-state index in [0.29, 0.717) is 24.5 Å². The predicted octanol–water partition coefficient (Wildman–Crippen LogP) is 3.23. The lowest BCUT2D eigenvalue weighted by atomic mass is 10.0. The van der Waals surface area contributed by atoms with Crippen LogP contribution in [0, 0.1) is 6.92 Å². The van der Waals surface area contributed by atoms with Crippen LogP contribution in [-0.2, 0) is 14.3 Å². The summed E-state index contributed by atoms with van der Waals surface area (Å²) in [5.41, 5.74) is -0.0235. The van der Waals surface area contributed by atoms with Gasteiger partial charge in [-0.15, -0.1) is 0 Å². The Morgan fingerprint density at radius 3 is 2.56 bits per heavy atom. The minimum atomic E-state index is -1.40. The largest absolute Gasteiger partial charge is 0.497 e. The van der Waals surface area contributed by atoms with Crippen molar-refractivity contribution in [1.29, 1.82) is 0 Å². The van der Waals surface area contributed by atoms with E-state index in [1.807, 2.05) is 38.1 Å². The summed E-state index contributed by atoms with van der Waals surface area (Å²) in [6.45, 7) is 9.14. The molecular formula is C30H42N4O7. The number of ether oxygens (including phenoxy) is 3. The minimum Gasteiger partial charge on any atom is -0.497 e. The van der Waals surface area contributed by atoms with Gasteiger partial charge in [0, 0.05) is 23.5 Å². The Labute approximate surface area is 240 Å². The summed E-state index contributed by atoms with van der Waals surface area (Å²) in [5.74, 6) is 0.119. The van der Waals surface area contributed by atoms with Crippen molar-refractivity contribution < 1.29 is 33.7 Å². The molecule has 2 fully saturated rings. The zero-order chi connectivity index (χ0) is 29.9. The van der Waals surface area contributed by atoms with Gasteiger partial charge in [0.05, 0.1) is 19.7 Å². The maximum absolute atomic E-state index is 13.6. The number of pyridine rings is 1. The van der Waals surface area contributed by atoms with Crippen LogP contribution in [-0.4, -0.2) is 82.5 Å². The molecule has 1 aliphatic carbocycles. The molecule has 2 heterocycles. The molecule has 3 amide bonds. The number of amides is 3. The molecule has 0 spiro atoms. The number of aromatic nitrogens is 1. The van der Waals surface area contributed by atoms with Crippen LogP contribution in [0.5, 0.6) is 11.6 Å². The average molecular weight is 571 g/mol. The first-order valence-corrected chi connectivity index (χ1v) is 14.3. The highest BCUT2D eigenvalue weighted by molar-refractivity contribution is 5.89. The van der Waals surface area contributed by atoms with Crippen molar-refractivity contribution in [3.63, 3.8) is 0 Å². The van der Waals surface area contributed by atoms with Gasteiger partial charge in [-0.2, -0.15) is 0 Å². The molecule has 11 heteroatoms. The monoisotopic (exact) mass is 570 g/mol.